The van der Waals surface area contributed by atoms with Gasteiger partial charge in [0.25, 0.3) is 5.56 Å². The summed E-state index contributed by atoms with van der Waals surface area (Å²) in [5, 5.41) is 8.63. The van der Waals surface area contributed by atoms with Gasteiger partial charge in [-0.05, 0) is 55.1 Å². The second kappa shape index (κ2) is 13.3. The van der Waals surface area contributed by atoms with Crippen molar-refractivity contribution < 1.29 is 13.3 Å². The van der Waals surface area contributed by atoms with E-state index in [0.717, 1.165) is 24.5 Å². The molecule has 10 nitrogen and oxygen atoms in total. The molecule has 3 aromatic heterocycles. The van der Waals surface area contributed by atoms with Crippen molar-refractivity contribution in [3.63, 3.8) is 0 Å². The molecular formula is C31H27ClN6O4S2. The maximum absolute atomic E-state index is 13.8. The Bertz CT molecular complexity index is 1950. The third kappa shape index (κ3) is 7.04. The van der Waals surface area contributed by atoms with Crippen LogP contribution in [-0.2, 0) is 23.4 Å². The zero-order chi connectivity index (χ0) is 30.6. The van der Waals surface area contributed by atoms with E-state index in [0.29, 0.717) is 38.4 Å². The molecule has 0 spiro atoms. The fourth-order valence-corrected chi connectivity index (χ4v) is 6.83. The summed E-state index contributed by atoms with van der Waals surface area (Å²) in [7, 11) is 2.14. The Hall–Kier alpha value is -3.99. The molecule has 1 saturated heterocycles. The van der Waals surface area contributed by atoms with Crippen molar-refractivity contribution in [3.8, 4) is 11.8 Å². The van der Waals surface area contributed by atoms with Crippen LogP contribution in [0.25, 0.3) is 11.0 Å². The van der Waals surface area contributed by atoms with Crippen LogP contribution in [0.5, 0.6) is 0 Å². The molecule has 4 heterocycles. The minimum Gasteiger partial charge on any atom is -0.360 e. The Morgan fingerprint density at radius 2 is 1.95 bits per heavy atom. The Balaban J connectivity index is 1.35. The normalized spacial score (nSPS) is 15.9. The minimum absolute atomic E-state index is 0.000479. The molecule has 0 bridgehead atoms. The summed E-state index contributed by atoms with van der Waals surface area (Å²) in [6.45, 7) is 2.11. The Kier molecular flexibility index (Phi) is 9.11. The third-order valence-corrected chi connectivity index (χ3v) is 9.14. The van der Waals surface area contributed by atoms with Gasteiger partial charge in [0.15, 0.2) is 16.8 Å². The topological polar surface area (TPSA) is 126 Å². The van der Waals surface area contributed by atoms with Gasteiger partial charge >= 0.3 is 0 Å². The quantitative estimate of drug-likeness (QED) is 0.183. The number of halogens is 1. The molecule has 2 unspecified atom stereocenters. The van der Waals surface area contributed by atoms with Crippen molar-refractivity contribution in [2.45, 2.75) is 17.5 Å². The highest BCUT2D eigenvalue weighted by atomic mass is 35.5. The summed E-state index contributed by atoms with van der Waals surface area (Å²) < 4.78 is 27.6. The summed E-state index contributed by atoms with van der Waals surface area (Å²) in [5.41, 5.74) is 3.47. The van der Waals surface area contributed by atoms with Crippen molar-refractivity contribution in [3.05, 3.63) is 110 Å². The summed E-state index contributed by atoms with van der Waals surface area (Å²) >= 11 is 5.81. The van der Waals surface area contributed by atoms with Crippen LogP contribution in [0, 0.1) is 11.8 Å². The molecule has 1 fully saturated rings. The van der Waals surface area contributed by atoms with Crippen molar-refractivity contribution in [1.29, 1.82) is 0 Å². The number of rotatable bonds is 7. The second-order valence-corrected chi connectivity index (χ2v) is 13.0. The predicted molar refractivity (Wildman–Crippen MR) is 174 cm³/mol. The Morgan fingerprint density at radius 3 is 2.70 bits per heavy atom. The monoisotopic (exact) mass is 646 g/mol. The number of nitrogens with zero attached hydrogens (tertiary/aromatic N) is 5. The smallest absolute Gasteiger partial charge is 0.268 e. The first-order chi connectivity index (χ1) is 21.3. The van der Waals surface area contributed by atoms with Gasteiger partial charge in [0, 0.05) is 57.5 Å². The molecule has 0 radical (unpaired) electrons. The van der Waals surface area contributed by atoms with Gasteiger partial charge in [-0.1, -0.05) is 40.7 Å². The predicted octanol–water partition coefficient (Wildman–Crippen LogP) is 5.07. The van der Waals surface area contributed by atoms with Gasteiger partial charge in [-0.2, -0.15) is 16.7 Å². The summed E-state index contributed by atoms with van der Waals surface area (Å²) in [4.78, 5) is 25.3. The van der Waals surface area contributed by atoms with E-state index >= 15 is 0 Å². The highest BCUT2D eigenvalue weighted by Crippen LogP contribution is 2.33. The first-order valence-electron chi connectivity index (χ1n) is 13.7. The summed E-state index contributed by atoms with van der Waals surface area (Å²) in [6, 6.07) is 16.9. The van der Waals surface area contributed by atoms with E-state index in [1.807, 2.05) is 23.9 Å². The molecule has 6 rings (SSSR count). The lowest BCUT2D eigenvalue weighted by molar-refractivity contribution is 0.347. The zero-order valence-corrected chi connectivity index (χ0v) is 26.0. The number of hydrogen-bond acceptors (Lipinski definition) is 9. The lowest BCUT2D eigenvalue weighted by atomic mass is 10.1. The van der Waals surface area contributed by atoms with E-state index in [2.05, 4.69) is 51.4 Å². The lowest BCUT2D eigenvalue weighted by Gasteiger charge is -2.29. The van der Waals surface area contributed by atoms with Gasteiger partial charge in [0.1, 0.15) is 11.4 Å². The number of hydrogen-bond donors (Lipinski definition) is 2. The van der Waals surface area contributed by atoms with E-state index in [9.17, 15) is 13.6 Å². The number of pyridine rings is 1. The molecule has 2 aromatic carbocycles. The van der Waals surface area contributed by atoms with E-state index in [1.165, 1.54) is 16.3 Å². The van der Waals surface area contributed by atoms with Crippen molar-refractivity contribution in [1.82, 2.24) is 24.6 Å². The van der Waals surface area contributed by atoms with Gasteiger partial charge in [-0.15, -0.1) is 0 Å². The van der Waals surface area contributed by atoms with Crippen molar-refractivity contribution in [2.24, 2.45) is 0 Å². The Morgan fingerprint density at radius 1 is 1.16 bits per heavy atom. The molecule has 0 amide bonds. The van der Waals surface area contributed by atoms with Crippen LogP contribution < -0.4 is 10.9 Å². The third-order valence-electron chi connectivity index (χ3n) is 7.13. The van der Waals surface area contributed by atoms with Gasteiger partial charge in [-0.3, -0.25) is 9.36 Å². The highest BCUT2D eigenvalue weighted by Gasteiger charge is 2.20. The van der Waals surface area contributed by atoms with Crippen molar-refractivity contribution in [2.75, 3.05) is 31.2 Å². The van der Waals surface area contributed by atoms with Crippen LogP contribution in [0.1, 0.15) is 33.3 Å². The van der Waals surface area contributed by atoms with E-state index in [1.54, 1.807) is 36.5 Å². The molecule has 2 N–H and O–H groups in total. The molecule has 1 aliphatic rings. The zero-order valence-electron chi connectivity index (χ0n) is 23.6. The average Bonchev–Trinajstić information content (AvgIpc) is 3.44. The SMILES string of the molecule is CN1CCSC(c2ccc(Nc3ncc4cc(C#Cc5ccc(Cl)cc5)c(=O)n(Cc5cnoc5CS(=O)O)c4n3)cc2)C1. The molecule has 13 heteroatoms. The molecule has 0 aliphatic carbocycles. The summed E-state index contributed by atoms with van der Waals surface area (Å²) in [6.07, 6.45) is 3.06. The van der Waals surface area contributed by atoms with Gasteiger partial charge in [0.05, 0.1) is 18.3 Å². The fourth-order valence-electron chi connectivity index (χ4n) is 4.83. The largest absolute Gasteiger partial charge is 0.360 e. The highest BCUT2D eigenvalue weighted by molar-refractivity contribution is 7.99. The van der Waals surface area contributed by atoms with E-state index in [4.69, 9.17) is 21.1 Å². The number of benzene rings is 2. The standard InChI is InChI=1S/C31H27ClN6O4S2/c1-37-12-13-43-28(18-37)21-6-10-26(11-7-21)35-31-33-15-23-14-22(5-2-20-3-8-25(32)9-4-20)30(39)38(29(23)36-31)17-24-16-34-42-27(24)19-44(40)41/h3-4,6-11,14-16,28H,12-13,17-19H2,1H3,(H,40,41)(H,33,35,36). The van der Waals surface area contributed by atoms with E-state index < -0.39 is 11.1 Å². The maximum atomic E-state index is 13.8. The van der Waals surface area contributed by atoms with Crippen LogP contribution in [-0.4, -0.2) is 59.2 Å². The lowest BCUT2D eigenvalue weighted by Crippen LogP contribution is -2.30. The minimum atomic E-state index is -2.15. The van der Waals surface area contributed by atoms with Crippen LogP contribution in [0.2, 0.25) is 5.02 Å². The van der Waals surface area contributed by atoms with Crippen LogP contribution in [0.3, 0.4) is 0 Å². The van der Waals surface area contributed by atoms with Crippen LogP contribution in [0.15, 0.2) is 76.3 Å². The number of fused-ring (bicyclic) bond motifs is 1. The Labute approximate surface area is 265 Å². The average molecular weight is 647 g/mol. The first kappa shape index (κ1) is 30.1. The number of thioether (sulfide) groups is 1. The molecule has 44 heavy (non-hydrogen) atoms. The van der Waals surface area contributed by atoms with Gasteiger partial charge in [-0.25, -0.2) is 9.19 Å². The van der Waals surface area contributed by atoms with Crippen LogP contribution >= 0.6 is 23.4 Å². The van der Waals surface area contributed by atoms with Gasteiger partial charge < -0.3 is 19.3 Å². The van der Waals surface area contributed by atoms with Crippen molar-refractivity contribution >= 4 is 57.1 Å². The number of anilines is 2. The second-order valence-electron chi connectivity index (χ2n) is 10.3. The molecular weight excluding hydrogens is 620 g/mol. The fraction of sp³-hybridized carbons (Fsp3) is 0.226. The number of likely N-dealkylation sites (N-methyl/N-ethyl adjacent to an activating group) is 1. The number of aromatic nitrogens is 4. The maximum Gasteiger partial charge on any atom is 0.268 e. The van der Waals surface area contributed by atoms with Gasteiger partial charge in [0.2, 0.25) is 5.95 Å². The number of nitrogens with one attached hydrogen (secondary N) is 1. The molecule has 2 atom stereocenters. The molecule has 1 aliphatic heterocycles. The first-order valence-corrected chi connectivity index (χ1v) is 16.4. The summed E-state index contributed by atoms with van der Waals surface area (Å²) in [5.74, 6) is 7.34. The van der Waals surface area contributed by atoms with E-state index in [-0.39, 0.29) is 29.2 Å². The molecule has 224 valence electrons. The molecule has 0 saturated carbocycles. The van der Waals surface area contributed by atoms with Crippen LogP contribution in [0.4, 0.5) is 11.6 Å². The molecule has 5 aromatic rings.